The SMILES string of the molecule is COc1ccc(Cl)cc1NC(=O)c1cc(N=Nc2ccc(O)cc2Cl)c2ccccc2c1O. The smallest absolute Gasteiger partial charge is 0.259 e. The van der Waals surface area contributed by atoms with Gasteiger partial charge in [-0.15, -0.1) is 10.2 Å². The van der Waals surface area contributed by atoms with Crippen molar-refractivity contribution in [3.05, 3.63) is 82.3 Å². The van der Waals surface area contributed by atoms with Crippen molar-refractivity contribution in [3.8, 4) is 17.2 Å². The molecule has 0 fully saturated rings. The van der Waals surface area contributed by atoms with Gasteiger partial charge in [0.1, 0.15) is 22.9 Å². The third kappa shape index (κ3) is 4.69. The van der Waals surface area contributed by atoms with E-state index in [1.54, 1.807) is 42.5 Å². The summed E-state index contributed by atoms with van der Waals surface area (Å²) in [6.07, 6.45) is 0. The molecule has 33 heavy (non-hydrogen) atoms. The van der Waals surface area contributed by atoms with Gasteiger partial charge < -0.3 is 20.3 Å². The maximum absolute atomic E-state index is 13.1. The zero-order valence-electron chi connectivity index (χ0n) is 17.2. The van der Waals surface area contributed by atoms with E-state index in [9.17, 15) is 15.0 Å². The number of aromatic hydroxyl groups is 2. The number of azo groups is 1. The second-order valence-electron chi connectivity index (χ2n) is 6.97. The van der Waals surface area contributed by atoms with Crippen LogP contribution in [0.25, 0.3) is 10.8 Å². The Bertz CT molecular complexity index is 1410. The normalized spacial score (nSPS) is 11.1. The molecule has 0 aliphatic heterocycles. The largest absolute Gasteiger partial charge is 0.508 e. The van der Waals surface area contributed by atoms with Crippen LogP contribution in [0, 0.1) is 0 Å². The molecule has 3 N–H and O–H groups in total. The van der Waals surface area contributed by atoms with Gasteiger partial charge in [0.25, 0.3) is 5.91 Å². The van der Waals surface area contributed by atoms with Gasteiger partial charge in [-0.25, -0.2) is 0 Å². The van der Waals surface area contributed by atoms with Crippen molar-refractivity contribution < 1.29 is 19.7 Å². The molecule has 4 rings (SSSR count). The average Bonchev–Trinajstić information content (AvgIpc) is 2.80. The number of carbonyl (C=O) groups is 1. The quantitative estimate of drug-likeness (QED) is 0.261. The van der Waals surface area contributed by atoms with E-state index in [0.29, 0.717) is 38.6 Å². The summed E-state index contributed by atoms with van der Waals surface area (Å²) in [5.74, 6) is -0.372. The Morgan fingerprint density at radius 2 is 1.64 bits per heavy atom. The van der Waals surface area contributed by atoms with Crippen LogP contribution in [0.3, 0.4) is 0 Å². The molecule has 166 valence electrons. The summed E-state index contributed by atoms with van der Waals surface area (Å²) >= 11 is 12.2. The molecule has 0 aromatic heterocycles. The Labute approximate surface area is 198 Å². The number of hydrogen-bond acceptors (Lipinski definition) is 6. The summed E-state index contributed by atoms with van der Waals surface area (Å²) < 4.78 is 5.27. The molecule has 0 aliphatic carbocycles. The fourth-order valence-electron chi connectivity index (χ4n) is 3.25. The van der Waals surface area contributed by atoms with Gasteiger partial charge in [-0.05, 0) is 36.4 Å². The summed E-state index contributed by atoms with van der Waals surface area (Å²) in [6.45, 7) is 0. The summed E-state index contributed by atoms with van der Waals surface area (Å²) in [4.78, 5) is 13.1. The van der Waals surface area contributed by atoms with E-state index in [0.717, 1.165) is 0 Å². The highest BCUT2D eigenvalue weighted by molar-refractivity contribution is 6.33. The average molecular weight is 482 g/mol. The summed E-state index contributed by atoms with van der Waals surface area (Å²) in [5, 5.41) is 33.1. The van der Waals surface area contributed by atoms with Crippen LogP contribution in [0.15, 0.2) is 77.0 Å². The number of amides is 1. The van der Waals surface area contributed by atoms with Crippen molar-refractivity contribution >= 4 is 56.9 Å². The molecule has 0 heterocycles. The van der Waals surface area contributed by atoms with Gasteiger partial charge in [0.15, 0.2) is 0 Å². The predicted molar refractivity (Wildman–Crippen MR) is 129 cm³/mol. The van der Waals surface area contributed by atoms with Crippen molar-refractivity contribution in [1.82, 2.24) is 0 Å². The third-order valence-corrected chi connectivity index (χ3v) is 5.38. The molecule has 9 heteroatoms. The molecule has 7 nitrogen and oxygen atoms in total. The van der Waals surface area contributed by atoms with E-state index in [1.165, 1.54) is 31.4 Å². The number of halogens is 2. The first-order chi connectivity index (χ1) is 15.9. The molecule has 0 radical (unpaired) electrons. The van der Waals surface area contributed by atoms with Crippen molar-refractivity contribution in [1.29, 1.82) is 0 Å². The van der Waals surface area contributed by atoms with Gasteiger partial charge in [-0.2, -0.15) is 0 Å². The number of nitrogens with zero attached hydrogens (tertiary/aromatic N) is 2. The second kappa shape index (κ2) is 9.36. The Hall–Kier alpha value is -3.81. The molecular formula is C24H17Cl2N3O4. The Morgan fingerprint density at radius 1 is 0.909 bits per heavy atom. The number of phenols is 2. The lowest BCUT2D eigenvalue weighted by atomic mass is 10.0. The van der Waals surface area contributed by atoms with E-state index >= 15 is 0 Å². The molecule has 0 saturated carbocycles. The van der Waals surface area contributed by atoms with Gasteiger partial charge in [0.05, 0.1) is 29.1 Å². The van der Waals surface area contributed by atoms with Crippen LogP contribution < -0.4 is 10.1 Å². The van der Waals surface area contributed by atoms with Crippen LogP contribution in [0.2, 0.25) is 10.0 Å². The van der Waals surface area contributed by atoms with Crippen LogP contribution in [0.5, 0.6) is 17.2 Å². The number of anilines is 1. The highest BCUT2D eigenvalue weighted by Gasteiger charge is 2.19. The van der Waals surface area contributed by atoms with E-state index in [1.807, 2.05) is 0 Å². The van der Waals surface area contributed by atoms with Crippen LogP contribution in [-0.4, -0.2) is 23.2 Å². The molecule has 4 aromatic rings. The Kier molecular flexibility index (Phi) is 6.35. The van der Waals surface area contributed by atoms with E-state index < -0.39 is 5.91 Å². The summed E-state index contributed by atoms with van der Waals surface area (Å²) in [7, 11) is 1.47. The maximum Gasteiger partial charge on any atom is 0.259 e. The molecule has 4 aromatic carbocycles. The number of rotatable bonds is 5. The third-order valence-electron chi connectivity index (χ3n) is 4.85. The highest BCUT2D eigenvalue weighted by atomic mass is 35.5. The molecule has 1 amide bonds. The topological polar surface area (TPSA) is 104 Å². The first-order valence-corrected chi connectivity index (χ1v) is 10.4. The minimum Gasteiger partial charge on any atom is -0.508 e. The first-order valence-electron chi connectivity index (χ1n) is 9.67. The maximum atomic E-state index is 13.1. The Morgan fingerprint density at radius 3 is 2.36 bits per heavy atom. The van der Waals surface area contributed by atoms with Gasteiger partial charge >= 0.3 is 0 Å². The number of methoxy groups -OCH3 is 1. The van der Waals surface area contributed by atoms with Gasteiger partial charge in [0.2, 0.25) is 0 Å². The number of carbonyl (C=O) groups excluding carboxylic acids is 1. The zero-order valence-corrected chi connectivity index (χ0v) is 18.7. The lowest BCUT2D eigenvalue weighted by molar-refractivity contribution is 0.102. The number of fused-ring (bicyclic) bond motifs is 1. The monoisotopic (exact) mass is 481 g/mol. The van der Waals surface area contributed by atoms with Crippen molar-refractivity contribution in [3.63, 3.8) is 0 Å². The van der Waals surface area contributed by atoms with Gasteiger partial charge in [-0.3, -0.25) is 4.79 Å². The summed E-state index contributed by atoms with van der Waals surface area (Å²) in [6, 6.07) is 17.5. The number of phenolic OH excluding ortho intramolecular Hbond substituents is 2. The van der Waals surface area contributed by atoms with Crippen molar-refractivity contribution in [2.75, 3.05) is 12.4 Å². The van der Waals surface area contributed by atoms with Crippen LogP contribution >= 0.6 is 23.2 Å². The minimum absolute atomic E-state index is 0.00411. The minimum atomic E-state index is -0.585. The number of ether oxygens (including phenoxy) is 1. The van der Waals surface area contributed by atoms with E-state index in [4.69, 9.17) is 27.9 Å². The molecule has 0 saturated heterocycles. The van der Waals surface area contributed by atoms with E-state index in [2.05, 4.69) is 15.5 Å². The molecule has 0 bridgehead atoms. The van der Waals surface area contributed by atoms with Gasteiger partial charge in [-0.1, -0.05) is 47.5 Å². The highest BCUT2D eigenvalue weighted by Crippen LogP contribution is 2.38. The van der Waals surface area contributed by atoms with Crippen molar-refractivity contribution in [2.24, 2.45) is 10.2 Å². The second-order valence-corrected chi connectivity index (χ2v) is 7.82. The summed E-state index contributed by atoms with van der Waals surface area (Å²) in [5.41, 5.74) is 1.01. The predicted octanol–water partition coefficient (Wildman–Crippen LogP) is 7.23. The van der Waals surface area contributed by atoms with Gasteiger partial charge in [0, 0.05) is 21.9 Å². The number of benzene rings is 4. The molecule has 0 unspecified atom stereocenters. The molecule has 0 spiro atoms. The first kappa shape index (κ1) is 22.4. The van der Waals surface area contributed by atoms with Crippen LogP contribution in [0.1, 0.15) is 10.4 Å². The standard InChI is InChI=1S/C24H17Cl2N3O4/c1-33-22-9-6-13(25)10-21(22)27-24(32)17-12-20(15-4-2-3-5-16(15)23(17)31)29-28-19-8-7-14(30)11-18(19)26/h2-12,30-31H,1H3,(H,27,32). The lowest BCUT2D eigenvalue weighted by Gasteiger charge is -2.13. The Balaban J connectivity index is 1.78. The molecule has 0 atom stereocenters. The molecular weight excluding hydrogens is 465 g/mol. The number of hydrogen-bond donors (Lipinski definition) is 3. The fraction of sp³-hybridized carbons (Fsp3) is 0.0417. The van der Waals surface area contributed by atoms with Crippen molar-refractivity contribution in [2.45, 2.75) is 0 Å². The lowest BCUT2D eigenvalue weighted by Crippen LogP contribution is -2.13. The van der Waals surface area contributed by atoms with Crippen LogP contribution in [0.4, 0.5) is 17.1 Å². The van der Waals surface area contributed by atoms with Crippen LogP contribution in [-0.2, 0) is 0 Å². The molecule has 0 aliphatic rings. The fourth-order valence-corrected chi connectivity index (χ4v) is 3.63. The van der Waals surface area contributed by atoms with E-state index in [-0.39, 0.29) is 22.1 Å². The number of nitrogens with one attached hydrogen (secondary N) is 1. The zero-order chi connectivity index (χ0) is 23.5.